The summed E-state index contributed by atoms with van der Waals surface area (Å²) in [5, 5.41) is 3.90. The van der Waals surface area contributed by atoms with E-state index in [2.05, 4.69) is 24.1 Å². The average Bonchev–Trinajstić information content (AvgIpc) is 3.23. The van der Waals surface area contributed by atoms with E-state index < -0.39 is 0 Å². The van der Waals surface area contributed by atoms with Crippen LogP contribution in [0.15, 0.2) is 0 Å². The molecule has 0 spiro atoms. The first-order valence-corrected chi connectivity index (χ1v) is 8.74. The summed E-state index contributed by atoms with van der Waals surface area (Å²) < 4.78 is 5.88. The third-order valence-corrected chi connectivity index (χ3v) is 6.25. The molecule has 2 saturated carbocycles. The summed E-state index contributed by atoms with van der Waals surface area (Å²) in [5.74, 6) is 1.50. The molecule has 2 heterocycles. The molecule has 0 radical (unpaired) electrons. The van der Waals surface area contributed by atoms with Crippen LogP contribution in [0.1, 0.15) is 46.0 Å². The number of rotatable bonds is 3. The molecule has 2 aliphatic carbocycles. The molecule has 2 saturated heterocycles. The van der Waals surface area contributed by atoms with Crippen LogP contribution < -0.4 is 5.32 Å². The molecule has 4 heteroatoms. The maximum atomic E-state index is 12.1. The molecule has 1 amide bonds. The minimum absolute atomic E-state index is 0.266. The van der Waals surface area contributed by atoms with Crippen molar-refractivity contribution in [1.82, 2.24) is 10.2 Å². The second-order valence-corrected chi connectivity index (χ2v) is 8.08. The number of hydrogen-bond acceptors (Lipinski definition) is 3. The van der Waals surface area contributed by atoms with Gasteiger partial charge in [0, 0.05) is 49.0 Å². The van der Waals surface area contributed by atoms with Crippen molar-refractivity contribution in [3.05, 3.63) is 0 Å². The number of nitrogens with zero attached hydrogens (tertiary/aromatic N) is 1. The second kappa shape index (κ2) is 4.95. The Kier molecular flexibility index (Phi) is 3.30. The lowest BCUT2D eigenvalue weighted by molar-refractivity contribution is -0.134. The quantitative estimate of drug-likeness (QED) is 0.862. The highest BCUT2D eigenvalue weighted by Gasteiger charge is 2.59. The molecule has 2 aliphatic heterocycles. The summed E-state index contributed by atoms with van der Waals surface area (Å²) in [6.45, 7) is 7.51. The molecule has 1 N–H and O–H groups in total. The van der Waals surface area contributed by atoms with Crippen molar-refractivity contribution in [1.29, 1.82) is 0 Å². The van der Waals surface area contributed by atoms with Gasteiger partial charge in [0.15, 0.2) is 0 Å². The molecular formula is C17H28N2O2. The first kappa shape index (κ1) is 14.0. The summed E-state index contributed by atoms with van der Waals surface area (Å²) in [6, 6.07) is 1.18. The third kappa shape index (κ3) is 2.31. The standard InChI is InChI=1S/C17H28N2O2/c1-17(2)14(13-7-10-21-15(13)17)18-12-5-8-19(9-6-12)16(20)11-3-4-11/h11-15,18H,3-10H2,1-2H3. The Morgan fingerprint density at radius 1 is 1.14 bits per heavy atom. The molecule has 0 aromatic rings. The summed E-state index contributed by atoms with van der Waals surface area (Å²) in [4.78, 5) is 14.2. The Balaban J connectivity index is 1.30. The van der Waals surface area contributed by atoms with Gasteiger partial charge < -0.3 is 15.0 Å². The number of likely N-dealkylation sites (tertiary alicyclic amines) is 1. The Labute approximate surface area is 127 Å². The molecule has 4 aliphatic rings. The van der Waals surface area contributed by atoms with Crippen molar-refractivity contribution in [2.24, 2.45) is 17.3 Å². The number of amides is 1. The van der Waals surface area contributed by atoms with E-state index in [1.807, 2.05) is 0 Å². The smallest absolute Gasteiger partial charge is 0.225 e. The van der Waals surface area contributed by atoms with Gasteiger partial charge in [-0.25, -0.2) is 0 Å². The van der Waals surface area contributed by atoms with Crippen LogP contribution in [0.4, 0.5) is 0 Å². The average molecular weight is 292 g/mol. The van der Waals surface area contributed by atoms with E-state index in [0.717, 1.165) is 45.4 Å². The van der Waals surface area contributed by atoms with Crippen molar-refractivity contribution in [3.63, 3.8) is 0 Å². The predicted molar refractivity (Wildman–Crippen MR) is 80.9 cm³/mol. The van der Waals surface area contributed by atoms with E-state index >= 15 is 0 Å². The predicted octanol–water partition coefficient (Wildman–Crippen LogP) is 1.79. The van der Waals surface area contributed by atoms with Gasteiger partial charge in [-0.1, -0.05) is 13.8 Å². The first-order chi connectivity index (χ1) is 10.1. The molecule has 0 aromatic carbocycles. The van der Waals surface area contributed by atoms with Gasteiger partial charge in [0.25, 0.3) is 0 Å². The lowest BCUT2D eigenvalue weighted by Crippen LogP contribution is -2.68. The monoisotopic (exact) mass is 292 g/mol. The van der Waals surface area contributed by atoms with Crippen LogP contribution in [0.25, 0.3) is 0 Å². The zero-order valence-corrected chi connectivity index (χ0v) is 13.3. The number of fused-ring (bicyclic) bond motifs is 1. The van der Waals surface area contributed by atoms with Gasteiger partial charge >= 0.3 is 0 Å². The Morgan fingerprint density at radius 2 is 1.86 bits per heavy atom. The van der Waals surface area contributed by atoms with E-state index in [-0.39, 0.29) is 5.41 Å². The fourth-order valence-electron chi connectivity index (χ4n) is 4.77. The Morgan fingerprint density at radius 3 is 2.52 bits per heavy atom. The van der Waals surface area contributed by atoms with Gasteiger partial charge in [-0.2, -0.15) is 0 Å². The lowest BCUT2D eigenvalue weighted by Gasteiger charge is -2.56. The largest absolute Gasteiger partial charge is 0.377 e. The molecule has 0 bridgehead atoms. The number of carbonyl (C=O) groups excluding carboxylic acids is 1. The highest BCUT2D eigenvalue weighted by molar-refractivity contribution is 5.81. The van der Waals surface area contributed by atoms with Gasteiger partial charge in [0.05, 0.1) is 6.10 Å². The van der Waals surface area contributed by atoms with E-state index in [1.54, 1.807) is 0 Å². The molecule has 21 heavy (non-hydrogen) atoms. The first-order valence-electron chi connectivity index (χ1n) is 8.74. The summed E-state index contributed by atoms with van der Waals surface area (Å²) in [5.41, 5.74) is 0.266. The van der Waals surface area contributed by atoms with Crippen LogP contribution in [0, 0.1) is 17.3 Å². The fourth-order valence-corrected chi connectivity index (χ4v) is 4.77. The molecular weight excluding hydrogens is 264 g/mol. The van der Waals surface area contributed by atoms with Crippen LogP contribution in [-0.2, 0) is 9.53 Å². The Bertz CT molecular complexity index is 425. The number of piperidine rings is 1. The van der Waals surface area contributed by atoms with E-state index in [4.69, 9.17) is 4.74 Å². The van der Waals surface area contributed by atoms with Crippen molar-refractivity contribution in [2.45, 2.75) is 64.1 Å². The van der Waals surface area contributed by atoms with Crippen molar-refractivity contribution in [3.8, 4) is 0 Å². The molecule has 118 valence electrons. The molecule has 4 nitrogen and oxygen atoms in total. The number of carbonyl (C=O) groups is 1. The minimum atomic E-state index is 0.266. The van der Waals surface area contributed by atoms with Gasteiger partial charge in [-0.05, 0) is 32.1 Å². The van der Waals surface area contributed by atoms with Crippen LogP contribution in [0.3, 0.4) is 0 Å². The SMILES string of the molecule is CC1(C)C(NC2CCN(C(=O)C3CC3)CC2)C2CCOC21. The van der Waals surface area contributed by atoms with Crippen LogP contribution in [0.2, 0.25) is 0 Å². The fraction of sp³-hybridized carbons (Fsp3) is 0.941. The van der Waals surface area contributed by atoms with Gasteiger partial charge in [-0.3, -0.25) is 4.79 Å². The van der Waals surface area contributed by atoms with Crippen LogP contribution in [0.5, 0.6) is 0 Å². The number of hydrogen-bond donors (Lipinski definition) is 1. The van der Waals surface area contributed by atoms with Crippen molar-refractivity contribution in [2.75, 3.05) is 19.7 Å². The minimum Gasteiger partial charge on any atom is -0.377 e. The highest BCUT2D eigenvalue weighted by Crippen LogP contribution is 2.52. The van der Waals surface area contributed by atoms with Crippen LogP contribution in [-0.4, -0.2) is 48.7 Å². The molecule has 4 fully saturated rings. The molecule has 3 atom stereocenters. The number of nitrogens with one attached hydrogen (secondary N) is 1. The van der Waals surface area contributed by atoms with Gasteiger partial charge in [0.1, 0.15) is 0 Å². The Hall–Kier alpha value is -0.610. The molecule has 4 rings (SSSR count). The second-order valence-electron chi connectivity index (χ2n) is 8.08. The maximum absolute atomic E-state index is 12.1. The van der Waals surface area contributed by atoms with Crippen molar-refractivity contribution < 1.29 is 9.53 Å². The lowest BCUT2D eigenvalue weighted by atomic mass is 9.57. The van der Waals surface area contributed by atoms with Gasteiger partial charge in [0.2, 0.25) is 5.91 Å². The summed E-state index contributed by atoms with van der Waals surface area (Å²) in [7, 11) is 0. The summed E-state index contributed by atoms with van der Waals surface area (Å²) >= 11 is 0. The van der Waals surface area contributed by atoms with Gasteiger partial charge in [-0.15, -0.1) is 0 Å². The van der Waals surface area contributed by atoms with Crippen molar-refractivity contribution >= 4 is 5.91 Å². The maximum Gasteiger partial charge on any atom is 0.225 e. The van der Waals surface area contributed by atoms with E-state index in [1.165, 1.54) is 6.42 Å². The van der Waals surface area contributed by atoms with E-state index in [9.17, 15) is 4.79 Å². The van der Waals surface area contributed by atoms with E-state index in [0.29, 0.717) is 35.9 Å². The third-order valence-electron chi connectivity index (χ3n) is 6.25. The summed E-state index contributed by atoms with van der Waals surface area (Å²) in [6.07, 6.45) is 6.15. The topological polar surface area (TPSA) is 41.6 Å². The zero-order chi connectivity index (χ0) is 14.6. The highest BCUT2D eigenvalue weighted by atomic mass is 16.5. The molecule has 0 aromatic heterocycles. The normalized spacial score (nSPS) is 39.0. The zero-order valence-electron chi connectivity index (χ0n) is 13.3. The van der Waals surface area contributed by atoms with Crippen LogP contribution >= 0.6 is 0 Å². The number of ether oxygens (including phenoxy) is 1. The molecule has 3 unspecified atom stereocenters.